The van der Waals surface area contributed by atoms with Crippen molar-refractivity contribution in [3.05, 3.63) is 87.0 Å². The molecule has 34 heavy (non-hydrogen) atoms. The van der Waals surface area contributed by atoms with Crippen LogP contribution in [0.3, 0.4) is 0 Å². The van der Waals surface area contributed by atoms with Crippen molar-refractivity contribution >= 4 is 45.5 Å². The van der Waals surface area contributed by atoms with Crippen LogP contribution in [-0.4, -0.2) is 26.4 Å². The number of ketones is 1. The molecule has 0 radical (unpaired) electrons. The van der Waals surface area contributed by atoms with Crippen LogP contribution >= 0.6 is 22.9 Å². The van der Waals surface area contributed by atoms with Crippen LogP contribution in [0.25, 0.3) is 11.3 Å². The monoisotopic (exact) mass is 495 g/mol. The Hall–Kier alpha value is -3.56. The summed E-state index contributed by atoms with van der Waals surface area (Å²) in [5.74, 6) is -1.22. The van der Waals surface area contributed by atoms with Gasteiger partial charge in [0, 0.05) is 39.7 Å². The molecule has 0 aliphatic carbocycles. The zero-order valence-electron chi connectivity index (χ0n) is 17.8. The molecule has 0 saturated carbocycles. The minimum absolute atomic E-state index is 0.0528. The highest BCUT2D eigenvalue weighted by Gasteiger charge is 2.25. The molecule has 2 aromatic carbocycles. The number of anilines is 2. The molecular weight excluding hydrogens is 480 g/mol. The molecule has 10 heteroatoms. The van der Waals surface area contributed by atoms with E-state index in [1.165, 1.54) is 29.5 Å². The molecule has 3 heterocycles. The van der Waals surface area contributed by atoms with Crippen molar-refractivity contribution in [2.24, 2.45) is 4.99 Å². The highest BCUT2D eigenvalue weighted by Crippen LogP contribution is 2.35. The standard InChI is InChI=1S/C24H16ClF2N5OS/c1-2-19(33)18-11-34-24(30-18)32-23-29-10-12-9-28-22(20-16(26)4-3-5-17(20)27)15-8-13(25)6-7-14(15)21(12)31-23/h3-8,10-11H,2,9H2,1H3,(H,29,30,31,32). The molecule has 1 N–H and O–H groups in total. The third-order valence-corrected chi connectivity index (χ3v) is 6.29. The largest absolute Gasteiger partial charge is 0.300 e. The summed E-state index contributed by atoms with van der Waals surface area (Å²) in [6.45, 7) is 1.90. The highest BCUT2D eigenvalue weighted by atomic mass is 35.5. The topological polar surface area (TPSA) is 80.1 Å². The number of nitrogens with zero attached hydrogens (tertiary/aromatic N) is 4. The van der Waals surface area contributed by atoms with Gasteiger partial charge in [0.2, 0.25) is 5.95 Å². The number of hydrogen-bond donors (Lipinski definition) is 1. The van der Waals surface area contributed by atoms with E-state index in [0.29, 0.717) is 44.7 Å². The van der Waals surface area contributed by atoms with Gasteiger partial charge in [0.05, 0.1) is 23.5 Å². The van der Waals surface area contributed by atoms with Crippen LogP contribution in [0.2, 0.25) is 5.02 Å². The quantitative estimate of drug-likeness (QED) is 0.332. The number of hydrogen-bond acceptors (Lipinski definition) is 7. The normalized spacial score (nSPS) is 12.4. The van der Waals surface area contributed by atoms with Gasteiger partial charge in [-0.15, -0.1) is 11.3 Å². The third-order valence-electron chi connectivity index (χ3n) is 5.29. The van der Waals surface area contributed by atoms with Crippen LogP contribution in [0.1, 0.15) is 40.5 Å². The van der Waals surface area contributed by atoms with Crippen LogP contribution < -0.4 is 5.32 Å². The Bertz CT molecular complexity index is 1450. The second kappa shape index (κ2) is 9.00. The molecule has 0 unspecified atom stereocenters. The van der Waals surface area contributed by atoms with E-state index in [-0.39, 0.29) is 29.6 Å². The first-order valence-electron chi connectivity index (χ1n) is 10.4. The van der Waals surface area contributed by atoms with Gasteiger partial charge in [0.25, 0.3) is 0 Å². The fourth-order valence-corrected chi connectivity index (χ4v) is 4.54. The number of nitrogens with one attached hydrogen (secondary N) is 1. The summed E-state index contributed by atoms with van der Waals surface area (Å²) in [5, 5.41) is 5.58. The number of fused-ring (bicyclic) bond motifs is 3. The molecule has 0 bridgehead atoms. The first-order valence-corrected chi connectivity index (χ1v) is 11.6. The van der Waals surface area contributed by atoms with Gasteiger partial charge >= 0.3 is 0 Å². The molecule has 0 fully saturated rings. The predicted molar refractivity (Wildman–Crippen MR) is 128 cm³/mol. The van der Waals surface area contributed by atoms with Crippen LogP contribution in [0, 0.1) is 11.6 Å². The van der Waals surface area contributed by atoms with E-state index in [4.69, 9.17) is 11.6 Å². The summed E-state index contributed by atoms with van der Waals surface area (Å²) in [6.07, 6.45) is 1.97. The van der Waals surface area contributed by atoms with Crippen molar-refractivity contribution in [3.8, 4) is 11.3 Å². The van der Waals surface area contributed by atoms with E-state index < -0.39 is 11.6 Å². The molecule has 0 spiro atoms. The summed E-state index contributed by atoms with van der Waals surface area (Å²) in [6, 6.07) is 8.74. The van der Waals surface area contributed by atoms with Gasteiger partial charge in [-0.1, -0.05) is 30.7 Å². The molecule has 0 atom stereocenters. The first-order chi connectivity index (χ1) is 16.4. The van der Waals surface area contributed by atoms with Crippen LogP contribution in [0.15, 0.2) is 53.0 Å². The Balaban J connectivity index is 1.59. The SMILES string of the molecule is CCC(=O)c1csc(Nc2ncc3c(n2)-c2ccc(Cl)cc2C(c2c(F)cccc2F)=NC3)n1. The molecule has 4 aromatic rings. The number of benzene rings is 2. The van der Waals surface area contributed by atoms with Crippen molar-refractivity contribution in [1.82, 2.24) is 15.0 Å². The zero-order chi connectivity index (χ0) is 23.8. The number of thiazole rings is 1. The minimum atomic E-state index is -0.717. The van der Waals surface area contributed by atoms with Gasteiger partial charge < -0.3 is 5.32 Å². The minimum Gasteiger partial charge on any atom is -0.300 e. The number of halogens is 3. The number of aromatic nitrogens is 3. The summed E-state index contributed by atoms with van der Waals surface area (Å²) in [5.41, 5.74) is 2.64. The lowest BCUT2D eigenvalue weighted by molar-refractivity contribution is 0.0984. The number of Topliss-reactive ketones (excluding diaryl/α,β-unsaturated/α-hetero) is 1. The fraction of sp³-hybridized carbons (Fsp3) is 0.125. The lowest BCUT2D eigenvalue weighted by atomic mass is 9.95. The molecule has 1 aliphatic heterocycles. The Morgan fingerprint density at radius 1 is 1.15 bits per heavy atom. The first kappa shape index (κ1) is 22.2. The molecule has 2 aromatic heterocycles. The maximum absolute atomic E-state index is 14.7. The van der Waals surface area contributed by atoms with Crippen molar-refractivity contribution in [1.29, 1.82) is 0 Å². The van der Waals surface area contributed by atoms with Gasteiger partial charge in [0.15, 0.2) is 10.9 Å². The van der Waals surface area contributed by atoms with Gasteiger partial charge in [-0.2, -0.15) is 0 Å². The van der Waals surface area contributed by atoms with Crippen molar-refractivity contribution in [2.45, 2.75) is 19.9 Å². The van der Waals surface area contributed by atoms with E-state index in [2.05, 4.69) is 25.3 Å². The Morgan fingerprint density at radius 3 is 2.71 bits per heavy atom. The Kier molecular flexibility index (Phi) is 5.89. The predicted octanol–water partition coefficient (Wildman–Crippen LogP) is 6.22. The second-order valence-corrected chi connectivity index (χ2v) is 8.75. The molecule has 0 saturated heterocycles. The molecular formula is C24H16ClF2N5OS. The van der Waals surface area contributed by atoms with Crippen molar-refractivity contribution in [2.75, 3.05) is 5.32 Å². The summed E-state index contributed by atoms with van der Waals surface area (Å²) in [7, 11) is 0. The lowest BCUT2D eigenvalue weighted by Crippen LogP contribution is -2.10. The molecule has 5 rings (SSSR count). The number of rotatable bonds is 5. The maximum atomic E-state index is 14.7. The second-order valence-electron chi connectivity index (χ2n) is 7.46. The molecule has 6 nitrogen and oxygen atoms in total. The average molecular weight is 496 g/mol. The van der Waals surface area contributed by atoms with Gasteiger partial charge in [-0.3, -0.25) is 9.79 Å². The Labute approximate surface area is 202 Å². The zero-order valence-corrected chi connectivity index (χ0v) is 19.3. The molecule has 170 valence electrons. The summed E-state index contributed by atoms with van der Waals surface area (Å²) < 4.78 is 29.3. The maximum Gasteiger partial charge on any atom is 0.229 e. The highest BCUT2D eigenvalue weighted by molar-refractivity contribution is 7.14. The van der Waals surface area contributed by atoms with Gasteiger partial charge in [-0.25, -0.2) is 23.7 Å². The number of carbonyl (C=O) groups is 1. The van der Waals surface area contributed by atoms with Gasteiger partial charge in [-0.05, 0) is 24.3 Å². The lowest BCUT2D eigenvalue weighted by Gasteiger charge is -2.13. The number of aliphatic imine (C=N–C) groups is 1. The molecule has 1 aliphatic rings. The van der Waals surface area contributed by atoms with Crippen LogP contribution in [0.4, 0.5) is 19.9 Å². The average Bonchev–Trinajstić information content (AvgIpc) is 3.23. The van der Waals surface area contributed by atoms with Gasteiger partial charge in [0.1, 0.15) is 17.3 Å². The molecule has 0 amide bonds. The van der Waals surface area contributed by atoms with E-state index in [9.17, 15) is 13.6 Å². The van der Waals surface area contributed by atoms with E-state index in [1.54, 1.807) is 36.7 Å². The van der Waals surface area contributed by atoms with E-state index >= 15 is 0 Å². The van der Waals surface area contributed by atoms with E-state index in [0.717, 1.165) is 0 Å². The number of carbonyl (C=O) groups excluding carboxylic acids is 1. The fourth-order valence-electron chi connectivity index (χ4n) is 3.66. The van der Waals surface area contributed by atoms with E-state index in [1.807, 2.05) is 0 Å². The third kappa shape index (κ3) is 4.08. The summed E-state index contributed by atoms with van der Waals surface area (Å²) in [4.78, 5) is 29.7. The van der Waals surface area contributed by atoms with Crippen LogP contribution in [-0.2, 0) is 6.54 Å². The summed E-state index contributed by atoms with van der Waals surface area (Å²) >= 11 is 7.52. The Morgan fingerprint density at radius 2 is 1.94 bits per heavy atom. The van der Waals surface area contributed by atoms with Crippen molar-refractivity contribution < 1.29 is 13.6 Å². The van der Waals surface area contributed by atoms with Crippen LogP contribution in [0.5, 0.6) is 0 Å². The van der Waals surface area contributed by atoms with Crippen molar-refractivity contribution in [3.63, 3.8) is 0 Å². The smallest absolute Gasteiger partial charge is 0.229 e.